The number of hydrogen-bond acceptors (Lipinski definition) is 15. The molecule has 3 aliphatic rings. The predicted molar refractivity (Wildman–Crippen MR) is 147 cm³/mol. The van der Waals surface area contributed by atoms with Crippen LogP contribution in [-0.4, -0.2) is 85.0 Å². The molecule has 20 nitrogen and oxygen atoms in total. The number of H-pyrrole nitrogens is 2. The van der Waals surface area contributed by atoms with Gasteiger partial charge in [-0.15, -0.1) is 0 Å². The average Bonchev–Trinajstić information content (AvgIpc) is 3.71. The van der Waals surface area contributed by atoms with Crippen LogP contribution in [-0.2, 0) is 37.6 Å². The summed E-state index contributed by atoms with van der Waals surface area (Å²) in [5.41, 5.74) is 4.92. The SMILES string of the molecule is Nc1nc2c(ncn2[C@@H]2O[C@@H]3COP(=O)(S)O[C@H]4C[C@H](n5cnc6c(=O)[nH]cnc65)O[C@@H]4CNS(=O)(=O)O[C@@H]2C3)c(=O)[nH]1. The fourth-order valence-corrected chi connectivity index (χ4v) is 7.76. The molecule has 4 aromatic heterocycles. The van der Waals surface area contributed by atoms with Crippen LogP contribution < -0.4 is 21.6 Å². The first-order valence-corrected chi connectivity index (χ1v) is 16.8. The van der Waals surface area contributed by atoms with Crippen LogP contribution in [0.25, 0.3) is 22.3 Å². The molecule has 5 N–H and O–H groups in total. The second-order valence-corrected chi connectivity index (χ2v) is 14.2. The smallest absolute Gasteiger partial charge is 0.369 e. The third-order valence-electron chi connectivity index (χ3n) is 7.13. The highest BCUT2D eigenvalue weighted by Crippen LogP contribution is 2.56. The molecule has 0 spiro atoms. The number of nitrogens with two attached hydrogens (primary N) is 1. The van der Waals surface area contributed by atoms with E-state index in [-0.39, 0.29) is 54.3 Å². The summed E-state index contributed by atoms with van der Waals surface area (Å²) in [5, 5.41) is 0. The summed E-state index contributed by atoms with van der Waals surface area (Å²) >= 11 is 4.12. The van der Waals surface area contributed by atoms with Crippen molar-refractivity contribution in [1.29, 1.82) is 0 Å². The van der Waals surface area contributed by atoms with Gasteiger partial charge in [0.25, 0.3) is 11.1 Å². The molecule has 2 bridgehead atoms. The predicted octanol–water partition coefficient (Wildman–Crippen LogP) is -0.917. The van der Waals surface area contributed by atoms with E-state index in [9.17, 15) is 22.6 Å². The van der Waals surface area contributed by atoms with Crippen LogP contribution in [0.1, 0.15) is 25.3 Å². The first-order valence-electron chi connectivity index (χ1n) is 12.7. The molecule has 3 saturated heterocycles. The Morgan fingerprint density at radius 1 is 1.00 bits per heavy atom. The zero-order valence-electron chi connectivity index (χ0n) is 21.7. The van der Waals surface area contributed by atoms with Gasteiger partial charge in [-0.05, 0) is 0 Å². The summed E-state index contributed by atoms with van der Waals surface area (Å²) in [7, 11) is -4.45. The topological polar surface area (TPSA) is 263 Å². The highest BCUT2D eigenvalue weighted by atomic mass is 32.7. The number of fused-ring (bicyclic) bond motifs is 5. The first kappa shape index (κ1) is 28.6. The summed E-state index contributed by atoms with van der Waals surface area (Å²) in [5.74, 6) is -0.185. The molecule has 0 saturated carbocycles. The van der Waals surface area contributed by atoms with Gasteiger partial charge in [0.05, 0.1) is 37.8 Å². The number of anilines is 1. The molecular weight excluding hydrogens is 635 g/mol. The number of nitrogen functional groups attached to an aromatic ring is 1. The Morgan fingerprint density at radius 3 is 2.58 bits per heavy atom. The number of thiol groups is 1. The van der Waals surface area contributed by atoms with Gasteiger partial charge >= 0.3 is 17.1 Å². The van der Waals surface area contributed by atoms with Gasteiger partial charge in [-0.25, -0.2) is 23.7 Å². The second kappa shape index (κ2) is 10.5. The van der Waals surface area contributed by atoms with Crippen LogP contribution in [0.3, 0.4) is 0 Å². The molecule has 230 valence electrons. The van der Waals surface area contributed by atoms with E-state index in [1.165, 1.54) is 28.1 Å². The Morgan fingerprint density at radius 2 is 1.77 bits per heavy atom. The zero-order valence-corrected chi connectivity index (χ0v) is 24.3. The minimum absolute atomic E-state index is 0.0248. The van der Waals surface area contributed by atoms with Crippen LogP contribution in [0.4, 0.5) is 5.95 Å². The molecule has 0 aliphatic carbocycles. The van der Waals surface area contributed by atoms with Gasteiger partial charge in [0.1, 0.15) is 18.4 Å². The Hall–Kier alpha value is -3.21. The van der Waals surface area contributed by atoms with Gasteiger partial charge in [-0.2, -0.15) is 18.1 Å². The van der Waals surface area contributed by atoms with Gasteiger partial charge in [-0.3, -0.25) is 32.8 Å². The minimum atomic E-state index is -4.45. The van der Waals surface area contributed by atoms with E-state index >= 15 is 0 Å². The van der Waals surface area contributed by atoms with Gasteiger partial charge in [0.2, 0.25) is 5.95 Å². The summed E-state index contributed by atoms with van der Waals surface area (Å²) < 4.78 is 73.5. The molecule has 23 heteroatoms. The number of aromatic nitrogens is 8. The van der Waals surface area contributed by atoms with Crippen molar-refractivity contribution in [3.8, 4) is 0 Å². The molecule has 0 radical (unpaired) electrons. The lowest BCUT2D eigenvalue weighted by molar-refractivity contribution is -0.0439. The lowest BCUT2D eigenvalue weighted by atomic mass is 10.2. The lowest BCUT2D eigenvalue weighted by Crippen LogP contribution is -2.40. The Labute approximate surface area is 245 Å². The number of ether oxygens (including phenoxy) is 2. The fraction of sp³-hybridized carbons (Fsp3) is 0.500. The highest BCUT2D eigenvalue weighted by Gasteiger charge is 2.46. The molecule has 4 aromatic rings. The summed E-state index contributed by atoms with van der Waals surface area (Å²) in [6.07, 6.45) is -2.06. The molecule has 7 rings (SSSR count). The maximum absolute atomic E-state index is 13.3. The lowest BCUT2D eigenvalue weighted by Gasteiger charge is -2.24. The number of hydrogen-bond donors (Lipinski definition) is 5. The number of imidazole rings is 2. The molecule has 43 heavy (non-hydrogen) atoms. The summed E-state index contributed by atoms with van der Waals surface area (Å²) in [4.78, 5) is 45.5. The van der Waals surface area contributed by atoms with E-state index in [0.29, 0.717) is 0 Å². The Balaban J connectivity index is 1.17. The molecular formula is C20H23N10O10PS2. The van der Waals surface area contributed by atoms with Crippen molar-refractivity contribution in [3.63, 3.8) is 0 Å². The van der Waals surface area contributed by atoms with E-state index in [4.69, 9.17) is 28.4 Å². The van der Waals surface area contributed by atoms with Gasteiger partial charge in [0, 0.05) is 19.4 Å². The van der Waals surface area contributed by atoms with Crippen molar-refractivity contribution in [2.24, 2.45) is 0 Å². The number of nitrogens with zero attached hydrogens (tertiary/aromatic N) is 6. The van der Waals surface area contributed by atoms with E-state index in [1.807, 2.05) is 0 Å². The van der Waals surface area contributed by atoms with Crippen molar-refractivity contribution < 1.29 is 35.7 Å². The third kappa shape index (κ3) is 5.38. The molecule has 7 atom stereocenters. The monoisotopic (exact) mass is 658 g/mol. The Kier molecular flexibility index (Phi) is 6.94. The van der Waals surface area contributed by atoms with Crippen molar-refractivity contribution >= 4 is 57.6 Å². The highest BCUT2D eigenvalue weighted by molar-refractivity contribution is 8.44. The molecule has 1 unspecified atom stereocenters. The quantitative estimate of drug-likeness (QED) is 0.129. The summed E-state index contributed by atoms with van der Waals surface area (Å²) in [6, 6.07) is 0. The maximum atomic E-state index is 13.3. The first-order chi connectivity index (χ1) is 20.5. The molecule has 0 aromatic carbocycles. The van der Waals surface area contributed by atoms with Crippen molar-refractivity contribution in [3.05, 3.63) is 39.7 Å². The molecule has 7 heterocycles. The maximum Gasteiger partial charge on any atom is 0.386 e. The van der Waals surface area contributed by atoms with E-state index in [0.717, 1.165) is 0 Å². The fourth-order valence-electron chi connectivity index (χ4n) is 5.28. The molecule has 0 amide bonds. The third-order valence-corrected chi connectivity index (χ3v) is 9.79. The molecule has 3 aliphatic heterocycles. The minimum Gasteiger partial charge on any atom is -0.369 e. The van der Waals surface area contributed by atoms with Crippen molar-refractivity contribution in [1.82, 2.24) is 43.8 Å². The van der Waals surface area contributed by atoms with E-state index in [2.05, 4.69) is 46.9 Å². The zero-order chi connectivity index (χ0) is 30.1. The van der Waals surface area contributed by atoms with E-state index in [1.54, 1.807) is 0 Å². The normalized spacial score (nSPS) is 33.1. The molecule has 3 fully saturated rings. The Bertz CT molecular complexity index is 1990. The van der Waals surface area contributed by atoms with Crippen LogP contribution in [0.5, 0.6) is 0 Å². The van der Waals surface area contributed by atoms with Crippen molar-refractivity contribution in [2.45, 2.75) is 49.7 Å². The van der Waals surface area contributed by atoms with Crippen molar-refractivity contribution in [2.75, 3.05) is 18.9 Å². The van der Waals surface area contributed by atoms with E-state index < -0.39 is 65.1 Å². The number of nitrogens with one attached hydrogen (secondary N) is 3. The standard InChI is InChI=1S/C20H23N10O10PS2/c21-20-27-16-14(18(32)28-20)25-7-30(16)19-10-1-8(37-19)4-36-41(33,42)39-9-2-12(38-11(9)3-26-43(34,35)40-10)29-6-24-13-15(29)22-5-23-17(13)31/h5-12,19,26H,1-4H2,(H,33,42)(H,22,23,31)(H3,21,27,28,32)/t8-,9-,10+,11+,12+,19+,41?/m0/s1. The second-order valence-electron chi connectivity index (χ2n) is 9.93. The van der Waals surface area contributed by atoms with Gasteiger partial charge < -0.3 is 20.2 Å². The van der Waals surface area contributed by atoms with Crippen LogP contribution in [0, 0.1) is 0 Å². The van der Waals surface area contributed by atoms with Crippen LogP contribution >= 0.6 is 19.0 Å². The summed E-state index contributed by atoms with van der Waals surface area (Å²) in [6.45, 7) is -4.72. The average molecular weight is 659 g/mol. The number of rotatable bonds is 2. The van der Waals surface area contributed by atoms with Crippen LogP contribution in [0.2, 0.25) is 0 Å². The van der Waals surface area contributed by atoms with Gasteiger partial charge in [0.15, 0.2) is 28.6 Å². The van der Waals surface area contributed by atoms with Crippen LogP contribution in [0.15, 0.2) is 28.6 Å². The largest absolute Gasteiger partial charge is 0.386 e. The number of aromatic amines is 2. The van der Waals surface area contributed by atoms with Gasteiger partial charge in [-0.1, -0.05) is 12.2 Å².